The van der Waals surface area contributed by atoms with Gasteiger partial charge in [-0.15, -0.1) is 0 Å². The fourth-order valence-corrected chi connectivity index (χ4v) is 3.06. The summed E-state index contributed by atoms with van der Waals surface area (Å²) in [5.41, 5.74) is 8.75. The molecule has 2 aromatic rings. The molecule has 0 unspecified atom stereocenters. The molecule has 1 fully saturated rings. The number of H-pyrrole nitrogens is 1. The van der Waals surface area contributed by atoms with Crippen molar-refractivity contribution in [3.8, 4) is 0 Å². The second-order valence-electron chi connectivity index (χ2n) is 5.97. The summed E-state index contributed by atoms with van der Waals surface area (Å²) in [6, 6.07) is 6.20. The lowest BCUT2D eigenvalue weighted by Gasteiger charge is -2.32. The van der Waals surface area contributed by atoms with E-state index in [1.54, 1.807) is 11.6 Å². The summed E-state index contributed by atoms with van der Waals surface area (Å²) in [4.78, 5) is 16.9. The lowest BCUT2D eigenvalue weighted by atomic mass is 10.1. The number of nitrogens with one attached hydrogen (secondary N) is 1. The van der Waals surface area contributed by atoms with Crippen LogP contribution < -0.4 is 11.4 Å². The van der Waals surface area contributed by atoms with Gasteiger partial charge in [-0.25, -0.2) is 4.79 Å². The zero-order valence-electron chi connectivity index (χ0n) is 13.0. The van der Waals surface area contributed by atoms with Crippen LogP contribution in [0.15, 0.2) is 23.0 Å². The van der Waals surface area contributed by atoms with Crippen LogP contribution in [0.5, 0.6) is 0 Å². The van der Waals surface area contributed by atoms with Crippen LogP contribution in [0.25, 0.3) is 11.0 Å². The molecule has 1 aromatic carbocycles. The standard InChI is InChI=1S/C16H24N4O2/c1-19-15-9-12(4-5-14(15)18-16(19)21)3-2-6-20-7-8-22-13(10-17)11-20/h4-5,9,13H,2-3,6-8,10-11,17H2,1H3,(H,18,21)/t13-/m1/s1. The number of aryl methyl sites for hydroxylation is 2. The average molecular weight is 304 g/mol. The normalized spacial score (nSPS) is 19.8. The number of hydrogen-bond acceptors (Lipinski definition) is 4. The van der Waals surface area contributed by atoms with E-state index in [1.165, 1.54) is 5.56 Å². The molecule has 0 spiro atoms. The molecule has 22 heavy (non-hydrogen) atoms. The number of ether oxygens (including phenoxy) is 1. The number of fused-ring (bicyclic) bond motifs is 1. The van der Waals surface area contributed by atoms with Gasteiger partial charge in [-0.2, -0.15) is 0 Å². The number of benzene rings is 1. The molecular weight excluding hydrogens is 280 g/mol. The summed E-state index contributed by atoms with van der Waals surface area (Å²) in [5, 5.41) is 0. The van der Waals surface area contributed by atoms with E-state index in [0.29, 0.717) is 6.54 Å². The third-order valence-electron chi connectivity index (χ3n) is 4.40. The second-order valence-corrected chi connectivity index (χ2v) is 5.97. The van der Waals surface area contributed by atoms with Gasteiger partial charge < -0.3 is 15.5 Å². The number of hydrogen-bond donors (Lipinski definition) is 2. The SMILES string of the molecule is Cn1c(=O)[nH]c2ccc(CCCN3CCO[C@H](CN)C3)cc21. The van der Waals surface area contributed by atoms with Gasteiger partial charge in [0.15, 0.2) is 0 Å². The van der Waals surface area contributed by atoms with Crippen LogP contribution >= 0.6 is 0 Å². The Bertz CT molecular complexity index is 691. The third-order valence-corrected chi connectivity index (χ3v) is 4.40. The van der Waals surface area contributed by atoms with E-state index in [-0.39, 0.29) is 11.8 Å². The minimum atomic E-state index is -0.0618. The lowest BCUT2D eigenvalue weighted by molar-refractivity contribution is -0.0233. The maximum atomic E-state index is 11.6. The van der Waals surface area contributed by atoms with Crippen LogP contribution in [0, 0.1) is 0 Å². The summed E-state index contributed by atoms with van der Waals surface area (Å²) >= 11 is 0. The van der Waals surface area contributed by atoms with E-state index in [2.05, 4.69) is 22.0 Å². The zero-order valence-corrected chi connectivity index (χ0v) is 13.0. The number of morpholine rings is 1. The van der Waals surface area contributed by atoms with Crippen LogP contribution in [0.4, 0.5) is 0 Å². The molecule has 0 saturated carbocycles. The molecule has 0 aliphatic carbocycles. The first kappa shape index (κ1) is 15.3. The van der Waals surface area contributed by atoms with Crippen LogP contribution in [-0.2, 0) is 18.2 Å². The Kier molecular flexibility index (Phi) is 4.61. The van der Waals surface area contributed by atoms with E-state index >= 15 is 0 Å². The molecule has 0 amide bonds. The van der Waals surface area contributed by atoms with Gasteiger partial charge in [0.05, 0.1) is 23.7 Å². The molecule has 6 nitrogen and oxygen atoms in total. The van der Waals surface area contributed by atoms with Crippen molar-refractivity contribution in [2.24, 2.45) is 12.8 Å². The number of nitrogens with zero attached hydrogens (tertiary/aromatic N) is 2. The van der Waals surface area contributed by atoms with Gasteiger partial charge in [-0.3, -0.25) is 9.47 Å². The van der Waals surface area contributed by atoms with Crippen LogP contribution in [0.3, 0.4) is 0 Å². The number of aromatic amines is 1. The Labute approximate surface area is 129 Å². The third kappa shape index (κ3) is 3.24. The van der Waals surface area contributed by atoms with Gasteiger partial charge in [0.1, 0.15) is 0 Å². The predicted octanol–water partition coefficient (Wildman–Crippen LogP) is 0.459. The Morgan fingerprint density at radius 3 is 3.14 bits per heavy atom. The fraction of sp³-hybridized carbons (Fsp3) is 0.562. The predicted molar refractivity (Wildman–Crippen MR) is 87.1 cm³/mol. The van der Waals surface area contributed by atoms with Gasteiger partial charge in [0.25, 0.3) is 0 Å². The first-order valence-corrected chi connectivity index (χ1v) is 7.89. The van der Waals surface area contributed by atoms with E-state index in [0.717, 1.165) is 50.1 Å². The Morgan fingerprint density at radius 2 is 2.32 bits per heavy atom. The van der Waals surface area contributed by atoms with Crippen LogP contribution in [0.1, 0.15) is 12.0 Å². The molecule has 0 radical (unpaired) electrons. The van der Waals surface area contributed by atoms with Crippen molar-refractivity contribution in [1.82, 2.24) is 14.5 Å². The van der Waals surface area contributed by atoms with Gasteiger partial charge in [0.2, 0.25) is 0 Å². The van der Waals surface area contributed by atoms with Gasteiger partial charge in [-0.1, -0.05) is 6.07 Å². The molecule has 6 heteroatoms. The first-order chi connectivity index (χ1) is 10.7. The summed E-state index contributed by atoms with van der Waals surface area (Å²) in [7, 11) is 1.80. The van der Waals surface area contributed by atoms with Crippen molar-refractivity contribution in [3.05, 3.63) is 34.2 Å². The van der Waals surface area contributed by atoms with Crippen molar-refractivity contribution in [2.45, 2.75) is 18.9 Å². The summed E-state index contributed by atoms with van der Waals surface area (Å²) in [6.45, 7) is 4.35. The highest BCUT2D eigenvalue weighted by Crippen LogP contribution is 2.14. The average Bonchev–Trinajstić information content (AvgIpc) is 2.82. The molecule has 120 valence electrons. The van der Waals surface area contributed by atoms with Gasteiger partial charge in [-0.05, 0) is 37.1 Å². The Hall–Kier alpha value is -1.63. The Balaban J connectivity index is 1.57. The van der Waals surface area contributed by atoms with E-state index < -0.39 is 0 Å². The smallest absolute Gasteiger partial charge is 0.326 e. The van der Waals surface area contributed by atoms with Gasteiger partial charge in [0, 0.05) is 26.7 Å². The second kappa shape index (κ2) is 6.64. The maximum absolute atomic E-state index is 11.6. The highest BCUT2D eigenvalue weighted by Gasteiger charge is 2.18. The van der Waals surface area contributed by atoms with E-state index in [4.69, 9.17) is 10.5 Å². The number of imidazole rings is 1. The Morgan fingerprint density at radius 1 is 1.45 bits per heavy atom. The van der Waals surface area contributed by atoms with E-state index in [1.807, 2.05) is 6.07 Å². The molecule has 0 bridgehead atoms. The fourth-order valence-electron chi connectivity index (χ4n) is 3.06. The monoisotopic (exact) mass is 304 g/mol. The molecule has 3 rings (SSSR count). The molecule has 1 aliphatic rings. The van der Waals surface area contributed by atoms with Gasteiger partial charge >= 0.3 is 5.69 Å². The zero-order chi connectivity index (χ0) is 15.5. The maximum Gasteiger partial charge on any atom is 0.326 e. The van der Waals surface area contributed by atoms with E-state index in [9.17, 15) is 4.79 Å². The number of aromatic nitrogens is 2. The molecule has 3 N–H and O–H groups in total. The number of nitrogens with two attached hydrogens (primary N) is 1. The first-order valence-electron chi connectivity index (χ1n) is 7.89. The van der Waals surface area contributed by atoms with Crippen molar-refractivity contribution in [3.63, 3.8) is 0 Å². The van der Waals surface area contributed by atoms with Crippen LogP contribution in [-0.4, -0.2) is 53.3 Å². The molecule has 1 aliphatic heterocycles. The minimum Gasteiger partial charge on any atom is -0.374 e. The topological polar surface area (TPSA) is 76.3 Å². The lowest BCUT2D eigenvalue weighted by Crippen LogP contribution is -2.45. The van der Waals surface area contributed by atoms with Crippen molar-refractivity contribution < 1.29 is 4.74 Å². The van der Waals surface area contributed by atoms with Crippen molar-refractivity contribution in [2.75, 3.05) is 32.8 Å². The van der Waals surface area contributed by atoms with Crippen molar-refractivity contribution in [1.29, 1.82) is 0 Å². The molecule has 1 aromatic heterocycles. The summed E-state index contributed by atoms with van der Waals surface area (Å²) in [6.07, 6.45) is 2.29. The summed E-state index contributed by atoms with van der Waals surface area (Å²) in [5.74, 6) is 0. The van der Waals surface area contributed by atoms with Crippen molar-refractivity contribution >= 4 is 11.0 Å². The summed E-state index contributed by atoms with van der Waals surface area (Å²) < 4.78 is 7.24. The largest absolute Gasteiger partial charge is 0.374 e. The molecule has 1 saturated heterocycles. The minimum absolute atomic E-state index is 0.0618. The highest BCUT2D eigenvalue weighted by atomic mass is 16.5. The van der Waals surface area contributed by atoms with Crippen LogP contribution in [0.2, 0.25) is 0 Å². The quantitative estimate of drug-likeness (QED) is 0.841. The number of rotatable bonds is 5. The molecule has 1 atom stereocenters. The molecule has 2 heterocycles. The highest BCUT2D eigenvalue weighted by molar-refractivity contribution is 5.75. The molecular formula is C16H24N4O2.